The van der Waals surface area contributed by atoms with Crippen molar-refractivity contribution in [1.82, 2.24) is 10.2 Å². The van der Waals surface area contributed by atoms with Gasteiger partial charge in [0.1, 0.15) is 17.6 Å². The number of halogens is 1. The number of benzene rings is 3. The van der Waals surface area contributed by atoms with Gasteiger partial charge in [0.05, 0.1) is 0 Å². The molecule has 194 valence electrons. The average molecular weight is 503 g/mol. The van der Waals surface area contributed by atoms with E-state index in [1.54, 1.807) is 24.3 Å². The quantitative estimate of drug-likeness (QED) is 0.393. The molecule has 3 aromatic rings. The van der Waals surface area contributed by atoms with Crippen molar-refractivity contribution < 1.29 is 18.7 Å². The summed E-state index contributed by atoms with van der Waals surface area (Å²) in [7, 11) is 0. The topological polar surface area (TPSA) is 58.6 Å². The first-order valence-electron chi connectivity index (χ1n) is 13.1. The van der Waals surface area contributed by atoms with Crippen LogP contribution >= 0.6 is 0 Å². The molecule has 0 aromatic heterocycles. The van der Waals surface area contributed by atoms with E-state index in [1.165, 1.54) is 17.4 Å². The van der Waals surface area contributed by atoms with Gasteiger partial charge in [-0.1, -0.05) is 86.0 Å². The van der Waals surface area contributed by atoms with E-state index in [0.29, 0.717) is 17.7 Å². The maximum absolute atomic E-state index is 14.7. The number of hydrogen-bond acceptors (Lipinski definition) is 3. The van der Waals surface area contributed by atoms with Crippen molar-refractivity contribution in [2.75, 3.05) is 6.61 Å². The highest BCUT2D eigenvalue weighted by molar-refractivity contribution is 5.88. The highest BCUT2D eigenvalue weighted by Crippen LogP contribution is 2.21. The number of carbonyl (C=O) groups is 2. The lowest BCUT2D eigenvalue weighted by Crippen LogP contribution is -2.53. The summed E-state index contributed by atoms with van der Waals surface area (Å²) in [6.45, 7) is 1.63. The van der Waals surface area contributed by atoms with Gasteiger partial charge in [-0.15, -0.1) is 0 Å². The van der Waals surface area contributed by atoms with Crippen LogP contribution in [0.5, 0.6) is 5.75 Å². The van der Waals surface area contributed by atoms with Gasteiger partial charge in [0.25, 0.3) is 5.91 Å². The number of rotatable bonds is 10. The van der Waals surface area contributed by atoms with Crippen LogP contribution < -0.4 is 10.1 Å². The molecule has 37 heavy (non-hydrogen) atoms. The van der Waals surface area contributed by atoms with Gasteiger partial charge in [-0.05, 0) is 43.0 Å². The Labute approximate surface area is 218 Å². The van der Waals surface area contributed by atoms with Crippen molar-refractivity contribution in [2.45, 2.75) is 64.1 Å². The highest BCUT2D eigenvalue weighted by Gasteiger charge is 2.32. The predicted molar refractivity (Wildman–Crippen MR) is 143 cm³/mol. The second-order valence-corrected chi connectivity index (χ2v) is 9.72. The summed E-state index contributed by atoms with van der Waals surface area (Å²) in [4.78, 5) is 28.9. The van der Waals surface area contributed by atoms with Crippen LogP contribution in [0.4, 0.5) is 4.39 Å². The lowest BCUT2D eigenvalue weighted by atomic mass is 9.94. The summed E-state index contributed by atoms with van der Waals surface area (Å²) in [5.74, 6) is -0.387. The molecule has 3 aromatic carbocycles. The fourth-order valence-corrected chi connectivity index (χ4v) is 4.85. The summed E-state index contributed by atoms with van der Waals surface area (Å²) in [5.41, 5.74) is 2.19. The van der Waals surface area contributed by atoms with Crippen molar-refractivity contribution in [2.24, 2.45) is 0 Å². The second-order valence-electron chi connectivity index (χ2n) is 9.72. The van der Waals surface area contributed by atoms with Crippen LogP contribution in [-0.4, -0.2) is 35.4 Å². The molecule has 0 bridgehead atoms. The summed E-state index contributed by atoms with van der Waals surface area (Å²) in [6, 6.07) is 22.7. The molecule has 1 N–H and O–H groups in total. The van der Waals surface area contributed by atoms with Gasteiger partial charge in [-0.25, -0.2) is 4.39 Å². The number of nitrogens with one attached hydrogen (secondary N) is 1. The Kier molecular flexibility index (Phi) is 9.30. The predicted octanol–water partition coefficient (Wildman–Crippen LogP) is 5.60. The Bertz CT molecular complexity index is 1180. The summed E-state index contributed by atoms with van der Waals surface area (Å²) >= 11 is 0. The second kappa shape index (κ2) is 13.0. The molecule has 1 atom stereocenters. The van der Waals surface area contributed by atoms with Crippen LogP contribution in [0, 0.1) is 12.7 Å². The Morgan fingerprint density at radius 2 is 1.62 bits per heavy atom. The first-order chi connectivity index (χ1) is 18.0. The normalized spacial score (nSPS) is 14.5. The molecule has 1 fully saturated rings. The number of aryl methyl sites for hydroxylation is 1. The molecule has 0 aliphatic heterocycles. The number of para-hydroxylation sites is 1. The molecule has 0 radical (unpaired) electrons. The number of hydrogen-bond donors (Lipinski definition) is 1. The fraction of sp³-hybridized carbons (Fsp3) is 0.355. The molecule has 1 aliphatic carbocycles. The Morgan fingerprint density at radius 1 is 0.946 bits per heavy atom. The van der Waals surface area contributed by atoms with E-state index in [9.17, 15) is 14.0 Å². The molecule has 4 rings (SSSR count). The maximum Gasteiger partial charge on any atom is 0.261 e. The van der Waals surface area contributed by atoms with Crippen molar-refractivity contribution in [1.29, 1.82) is 0 Å². The third-order valence-corrected chi connectivity index (χ3v) is 6.97. The van der Waals surface area contributed by atoms with Gasteiger partial charge in [-0.2, -0.15) is 0 Å². The monoisotopic (exact) mass is 502 g/mol. The van der Waals surface area contributed by atoms with E-state index in [1.807, 2.05) is 55.5 Å². The number of amides is 2. The lowest BCUT2D eigenvalue weighted by Gasteiger charge is -2.33. The van der Waals surface area contributed by atoms with Gasteiger partial charge < -0.3 is 15.0 Å². The zero-order valence-corrected chi connectivity index (χ0v) is 21.4. The van der Waals surface area contributed by atoms with Crippen molar-refractivity contribution in [3.63, 3.8) is 0 Å². The zero-order chi connectivity index (χ0) is 26.0. The minimum atomic E-state index is -0.808. The van der Waals surface area contributed by atoms with Gasteiger partial charge in [-0.3, -0.25) is 9.59 Å². The van der Waals surface area contributed by atoms with Crippen LogP contribution in [0.2, 0.25) is 0 Å². The van der Waals surface area contributed by atoms with E-state index in [0.717, 1.165) is 36.8 Å². The summed E-state index contributed by atoms with van der Waals surface area (Å²) < 4.78 is 20.6. The van der Waals surface area contributed by atoms with Crippen LogP contribution in [-0.2, 0) is 22.6 Å². The lowest BCUT2D eigenvalue weighted by molar-refractivity contribution is -0.143. The number of ether oxygens (including phenoxy) is 1. The minimum Gasteiger partial charge on any atom is -0.484 e. The van der Waals surface area contributed by atoms with Crippen LogP contribution in [0.3, 0.4) is 0 Å². The van der Waals surface area contributed by atoms with Crippen LogP contribution in [0.25, 0.3) is 0 Å². The Hall–Kier alpha value is -3.67. The maximum atomic E-state index is 14.7. The van der Waals surface area contributed by atoms with E-state index in [4.69, 9.17) is 4.74 Å². The number of carbonyl (C=O) groups excluding carboxylic acids is 2. The molecule has 0 heterocycles. The molecule has 0 unspecified atom stereocenters. The standard InChI is InChI=1S/C31H35FN2O3/c1-23-12-8-11-19-29(23)37-22-30(35)34(21-25-15-9-10-18-27(25)32)28(20-24-13-4-2-5-14-24)31(36)33-26-16-6-3-7-17-26/h2,4-5,8-15,18-19,26,28H,3,6-7,16-17,20-22H2,1H3,(H,33,36)/t28-/m0/s1. The highest BCUT2D eigenvalue weighted by atomic mass is 19.1. The third kappa shape index (κ3) is 7.42. The Balaban J connectivity index is 1.62. The molecule has 6 heteroatoms. The smallest absolute Gasteiger partial charge is 0.261 e. The summed E-state index contributed by atoms with van der Waals surface area (Å²) in [6.07, 6.45) is 5.52. The van der Waals surface area contributed by atoms with E-state index in [2.05, 4.69) is 5.32 Å². The van der Waals surface area contributed by atoms with E-state index in [-0.39, 0.29) is 31.0 Å². The van der Waals surface area contributed by atoms with Crippen LogP contribution in [0.1, 0.15) is 48.8 Å². The fourth-order valence-electron chi connectivity index (χ4n) is 4.85. The van der Waals surface area contributed by atoms with E-state index < -0.39 is 11.9 Å². The third-order valence-electron chi connectivity index (χ3n) is 6.97. The molecule has 0 spiro atoms. The molecular formula is C31H35FN2O3. The molecular weight excluding hydrogens is 467 g/mol. The largest absolute Gasteiger partial charge is 0.484 e. The first kappa shape index (κ1) is 26.4. The van der Waals surface area contributed by atoms with Gasteiger partial charge in [0.15, 0.2) is 6.61 Å². The van der Waals surface area contributed by atoms with Gasteiger partial charge in [0.2, 0.25) is 5.91 Å². The summed E-state index contributed by atoms with van der Waals surface area (Å²) in [5, 5.41) is 3.19. The van der Waals surface area contributed by atoms with Crippen molar-refractivity contribution in [3.8, 4) is 5.75 Å². The van der Waals surface area contributed by atoms with Crippen molar-refractivity contribution in [3.05, 3.63) is 101 Å². The molecule has 1 saturated carbocycles. The first-order valence-corrected chi connectivity index (χ1v) is 13.1. The molecule has 0 saturated heterocycles. The van der Waals surface area contributed by atoms with E-state index >= 15 is 0 Å². The SMILES string of the molecule is Cc1ccccc1OCC(=O)N(Cc1ccccc1F)[C@@H](Cc1ccccc1)C(=O)NC1CCCCC1. The van der Waals surface area contributed by atoms with Crippen LogP contribution in [0.15, 0.2) is 78.9 Å². The van der Waals surface area contributed by atoms with Gasteiger partial charge >= 0.3 is 0 Å². The average Bonchev–Trinajstić information content (AvgIpc) is 2.92. The number of nitrogens with zero attached hydrogens (tertiary/aromatic N) is 1. The Morgan fingerprint density at radius 3 is 2.35 bits per heavy atom. The molecule has 2 amide bonds. The molecule has 1 aliphatic rings. The van der Waals surface area contributed by atoms with Crippen molar-refractivity contribution >= 4 is 11.8 Å². The zero-order valence-electron chi connectivity index (χ0n) is 21.4. The minimum absolute atomic E-state index is 0.0295. The van der Waals surface area contributed by atoms with Gasteiger partial charge in [0, 0.05) is 24.6 Å². The molecule has 5 nitrogen and oxygen atoms in total.